The molecule has 0 spiro atoms. The summed E-state index contributed by atoms with van der Waals surface area (Å²) in [6.07, 6.45) is 0. The van der Waals surface area contributed by atoms with Gasteiger partial charge in [0.15, 0.2) is 0 Å². The fraction of sp³-hybridized carbons (Fsp3) is 0.417. The summed E-state index contributed by atoms with van der Waals surface area (Å²) in [6.45, 7) is 5.04. The Labute approximate surface area is 113 Å². The fourth-order valence-corrected chi connectivity index (χ4v) is 2.56. The van der Waals surface area contributed by atoms with E-state index in [0.29, 0.717) is 0 Å². The van der Waals surface area contributed by atoms with Crippen LogP contribution in [-0.4, -0.2) is 26.4 Å². The van der Waals surface area contributed by atoms with E-state index in [4.69, 9.17) is 5.73 Å². The first kappa shape index (κ1) is 15.6. The van der Waals surface area contributed by atoms with Gasteiger partial charge in [0, 0.05) is 6.54 Å². The lowest BCUT2D eigenvalue weighted by molar-refractivity contribution is -0.120. The number of anilines is 1. The van der Waals surface area contributed by atoms with Crippen LogP contribution in [0.1, 0.15) is 20.8 Å². The van der Waals surface area contributed by atoms with Gasteiger partial charge in [-0.3, -0.25) is 4.79 Å². The Morgan fingerprint density at radius 2 is 1.89 bits per heavy atom. The molecule has 1 amide bonds. The minimum atomic E-state index is -3.64. The minimum Gasteiger partial charge on any atom is -0.323 e. The molecule has 19 heavy (non-hydrogen) atoms. The zero-order valence-electron chi connectivity index (χ0n) is 11.2. The van der Waals surface area contributed by atoms with Crippen molar-refractivity contribution in [3.8, 4) is 0 Å². The van der Waals surface area contributed by atoms with Crippen LogP contribution in [0.3, 0.4) is 0 Å². The number of nitrogens with one attached hydrogen (secondary N) is 2. The van der Waals surface area contributed by atoms with Crippen LogP contribution in [0, 0.1) is 0 Å². The molecule has 0 saturated carbocycles. The Morgan fingerprint density at radius 1 is 1.32 bits per heavy atom. The van der Waals surface area contributed by atoms with Gasteiger partial charge >= 0.3 is 0 Å². The lowest BCUT2D eigenvalue weighted by Crippen LogP contribution is -2.45. The van der Waals surface area contributed by atoms with Gasteiger partial charge in [-0.15, -0.1) is 0 Å². The van der Waals surface area contributed by atoms with Gasteiger partial charge in [-0.05, 0) is 26.0 Å². The Morgan fingerprint density at radius 3 is 2.42 bits per heavy atom. The molecule has 1 rings (SSSR count). The molecule has 0 aromatic heterocycles. The maximum Gasteiger partial charge on any atom is 0.243 e. The quantitative estimate of drug-likeness (QED) is 0.739. The third-order valence-electron chi connectivity index (χ3n) is 2.34. The molecule has 0 atom stereocenters. The van der Waals surface area contributed by atoms with Crippen LogP contribution in [0.15, 0.2) is 29.2 Å². The highest BCUT2D eigenvalue weighted by Crippen LogP contribution is 2.21. The van der Waals surface area contributed by atoms with Crippen LogP contribution in [0.2, 0.25) is 0 Å². The van der Waals surface area contributed by atoms with Crippen molar-refractivity contribution >= 4 is 21.6 Å². The van der Waals surface area contributed by atoms with E-state index < -0.39 is 21.5 Å². The summed E-state index contributed by atoms with van der Waals surface area (Å²) in [6, 6.07) is 6.18. The van der Waals surface area contributed by atoms with Crippen molar-refractivity contribution in [2.75, 3.05) is 11.9 Å². The maximum absolute atomic E-state index is 12.0. The number of carbonyl (C=O) groups is 1. The molecule has 0 aliphatic carbocycles. The summed E-state index contributed by atoms with van der Waals surface area (Å²) in [4.78, 5) is 11.8. The van der Waals surface area contributed by atoms with Crippen LogP contribution in [0.4, 0.5) is 5.69 Å². The average Bonchev–Trinajstić information content (AvgIpc) is 2.28. The zero-order chi connectivity index (χ0) is 14.7. The minimum absolute atomic E-state index is 0.0226. The molecule has 1 aromatic carbocycles. The summed E-state index contributed by atoms with van der Waals surface area (Å²) in [5.74, 6) is -0.452. The number of hydrogen-bond acceptors (Lipinski definition) is 4. The predicted octanol–water partition coefficient (Wildman–Crippen LogP) is 0.661. The number of hydrogen-bond donors (Lipinski definition) is 3. The molecule has 0 fully saturated rings. The first-order valence-corrected chi connectivity index (χ1v) is 7.36. The van der Waals surface area contributed by atoms with Gasteiger partial charge in [0.2, 0.25) is 15.9 Å². The SMILES string of the molecule is CCNS(=O)(=O)c1ccccc1NC(=O)C(C)(C)N. The molecular weight excluding hydrogens is 266 g/mol. The molecule has 0 unspecified atom stereocenters. The molecule has 0 saturated heterocycles. The van der Waals surface area contributed by atoms with Crippen molar-refractivity contribution in [1.29, 1.82) is 0 Å². The van der Waals surface area contributed by atoms with E-state index in [1.807, 2.05) is 0 Å². The standard InChI is InChI=1S/C12H19N3O3S/c1-4-14-19(17,18)10-8-6-5-7-9(10)15-11(16)12(2,3)13/h5-8,14H,4,13H2,1-3H3,(H,15,16). The molecule has 0 aliphatic heterocycles. The maximum atomic E-state index is 12.0. The van der Waals surface area contributed by atoms with Crippen molar-refractivity contribution in [2.45, 2.75) is 31.2 Å². The monoisotopic (exact) mass is 285 g/mol. The normalized spacial score (nSPS) is 12.2. The second-order valence-electron chi connectivity index (χ2n) is 4.67. The van der Waals surface area contributed by atoms with Gasteiger partial charge in [-0.2, -0.15) is 0 Å². The summed E-state index contributed by atoms with van der Waals surface area (Å²) in [7, 11) is -3.64. The molecule has 4 N–H and O–H groups in total. The van der Waals surface area contributed by atoms with Gasteiger partial charge in [-0.1, -0.05) is 19.1 Å². The topological polar surface area (TPSA) is 101 Å². The van der Waals surface area contributed by atoms with E-state index in [-0.39, 0.29) is 17.1 Å². The fourth-order valence-electron chi connectivity index (χ4n) is 1.36. The molecule has 0 radical (unpaired) electrons. The Hall–Kier alpha value is -1.44. The molecule has 7 heteroatoms. The van der Waals surface area contributed by atoms with Crippen LogP contribution >= 0.6 is 0 Å². The molecular formula is C12H19N3O3S. The zero-order valence-corrected chi connectivity index (χ0v) is 12.0. The third-order valence-corrected chi connectivity index (χ3v) is 3.95. The van der Waals surface area contributed by atoms with Crippen LogP contribution in [0.25, 0.3) is 0 Å². The molecule has 0 bridgehead atoms. The number of benzene rings is 1. The Bertz CT molecular complexity index is 562. The summed E-state index contributed by atoms with van der Waals surface area (Å²) in [5.41, 5.74) is 4.79. The Kier molecular flexibility index (Phi) is 4.67. The number of rotatable bonds is 5. The summed E-state index contributed by atoms with van der Waals surface area (Å²) in [5, 5.41) is 2.53. The number of para-hydroxylation sites is 1. The smallest absolute Gasteiger partial charge is 0.243 e. The Balaban J connectivity index is 3.14. The third kappa shape index (κ3) is 4.02. The van der Waals surface area contributed by atoms with Crippen LogP contribution < -0.4 is 15.8 Å². The van der Waals surface area contributed by atoms with Crippen molar-refractivity contribution in [3.05, 3.63) is 24.3 Å². The van der Waals surface area contributed by atoms with Gasteiger partial charge in [-0.25, -0.2) is 13.1 Å². The van der Waals surface area contributed by atoms with Gasteiger partial charge in [0.1, 0.15) is 4.90 Å². The number of carbonyl (C=O) groups excluding carboxylic acids is 1. The lowest BCUT2D eigenvalue weighted by Gasteiger charge is -2.19. The van der Waals surface area contributed by atoms with Crippen molar-refractivity contribution in [3.63, 3.8) is 0 Å². The van der Waals surface area contributed by atoms with Gasteiger partial charge in [0.05, 0.1) is 11.2 Å². The highest BCUT2D eigenvalue weighted by Gasteiger charge is 2.24. The molecule has 0 heterocycles. The van der Waals surface area contributed by atoms with Crippen LogP contribution in [0.5, 0.6) is 0 Å². The first-order valence-electron chi connectivity index (χ1n) is 5.87. The van der Waals surface area contributed by atoms with E-state index in [1.165, 1.54) is 12.1 Å². The molecule has 6 nitrogen and oxygen atoms in total. The number of nitrogens with two attached hydrogens (primary N) is 1. The molecule has 106 valence electrons. The van der Waals surface area contributed by atoms with E-state index in [0.717, 1.165) is 0 Å². The van der Waals surface area contributed by atoms with E-state index >= 15 is 0 Å². The highest BCUT2D eigenvalue weighted by molar-refractivity contribution is 7.89. The summed E-state index contributed by atoms with van der Waals surface area (Å²) < 4.78 is 26.4. The average molecular weight is 285 g/mol. The molecule has 1 aromatic rings. The number of sulfonamides is 1. The largest absolute Gasteiger partial charge is 0.323 e. The van der Waals surface area contributed by atoms with Crippen LogP contribution in [-0.2, 0) is 14.8 Å². The van der Waals surface area contributed by atoms with E-state index in [2.05, 4.69) is 10.0 Å². The second kappa shape index (κ2) is 5.68. The number of amides is 1. The van der Waals surface area contributed by atoms with Crippen molar-refractivity contribution in [1.82, 2.24) is 4.72 Å². The highest BCUT2D eigenvalue weighted by atomic mass is 32.2. The van der Waals surface area contributed by atoms with Crippen molar-refractivity contribution in [2.24, 2.45) is 5.73 Å². The molecule has 0 aliphatic rings. The lowest BCUT2D eigenvalue weighted by atomic mass is 10.1. The second-order valence-corrected chi connectivity index (χ2v) is 6.41. The van der Waals surface area contributed by atoms with E-state index in [1.54, 1.807) is 32.9 Å². The van der Waals surface area contributed by atoms with Gasteiger partial charge < -0.3 is 11.1 Å². The predicted molar refractivity (Wildman–Crippen MR) is 74.2 cm³/mol. The summed E-state index contributed by atoms with van der Waals surface area (Å²) >= 11 is 0. The van der Waals surface area contributed by atoms with E-state index in [9.17, 15) is 13.2 Å². The van der Waals surface area contributed by atoms with Crippen molar-refractivity contribution < 1.29 is 13.2 Å². The van der Waals surface area contributed by atoms with Gasteiger partial charge in [0.25, 0.3) is 0 Å². The first-order chi connectivity index (χ1) is 8.68.